The molecule has 5 radical (unpaired) electrons. The first kappa shape index (κ1) is 9.44. The van der Waals surface area contributed by atoms with E-state index in [0.717, 1.165) is 5.75 Å². The molecule has 0 atom stereocenters. The fourth-order valence-corrected chi connectivity index (χ4v) is 2.01. The summed E-state index contributed by atoms with van der Waals surface area (Å²) in [6, 6.07) is 0. The lowest BCUT2D eigenvalue weighted by Crippen LogP contribution is -2.08. The summed E-state index contributed by atoms with van der Waals surface area (Å²) in [6.07, 6.45) is 0. The van der Waals surface area contributed by atoms with Crippen LogP contribution in [0.2, 0.25) is 0 Å². The largest absolute Gasteiger partial charge is 0.179 e. The molecule has 0 saturated heterocycles. The lowest BCUT2D eigenvalue weighted by molar-refractivity contribution is 0.973. The second-order valence-corrected chi connectivity index (χ2v) is 3.45. The third-order valence-corrected chi connectivity index (χ3v) is 3.07. The number of rotatable bonds is 1. The Labute approximate surface area is 76.2 Å². The van der Waals surface area contributed by atoms with E-state index in [9.17, 15) is 0 Å². The van der Waals surface area contributed by atoms with Gasteiger partial charge in [0.05, 0.1) is 0 Å². The van der Waals surface area contributed by atoms with Crippen LogP contribution < -0.4 is 0 Å². The Hall–Kier alpha value is 0.350. The van der Waals surface area contributed by atoms with Gasteiger partial charge < -0.3 is 0 Å². The standard InChI is InChI=1S/C10H15S/c1-6-7(2)9(4)10(5-11)8(6)3/h11H,5H2,1-4H3. The molecule has 0 nitrogen and oxygen atoms in total. The predicted molar refractivity (Wildman–Crippen MR) is 52.8 cm³/mol. The molecule has 1 aliphatic carbocycles. The van der Waals surface area contributed by atoms with Gasteiger partial charge in [-0.15, -0.1) is 0 Å². The van der Waals surface area contributed by atoms with Crippen LogP contribution in [0.5, 0.6) is 0 Å². The van der Waals surface area contributed by atoms with Gasteiger partial charge in [0.2, 0.25) is 0 Å². The zero-order valence-electron chi connectivity index (χ0n) is 7.65. The van der Waals surface area contributed by atoms with Crippen molar-refractivity contribution in [3.05, 3.63) is 29.6 Å². The Bertz CT molecular complexity index is 119. The first-order valence-electron chi connectivity index (χ1n) is 3.92. The lowest BCUT2D eigenvalue weighted by Gasteiger charge is -2.15. The molecule has 0 N–H and O–H groups in total. The Balaban J connectivity index is 2.69. The molecule has 1 saturated carbocycles. The number of hydrogen-bond donors (Lipinski definition) is 1. The minimum absolute atomic E-state index is 0.867. The third-order valence-electron chi connectivity index (χ3n) is 2.75. The highest BCUT2D eigenvalue weighted by molar-refractivity contribution is 7.80. The highest BCUT2D eigenvalue weighted by Crippen LogP contribution is 2.52. The van der Waals surface area contributed by atoms with Gasteiger partial charge in [-0.3, -0.25) is 0 Å². The van der Waals surface area contributed by atoms with Gasteiger partial charge in [-0.25, -0.2) is 0 Å². The van der Waals surface area contributed by atoms with Crippen LogP contribution in [0.25, 0.3) is 0 Å². The SMILES string of the molecule is C[C]1[C](C)[C](C)[C](CS)[C]1C. The molecule has 1 aliphatic rings. The van der Waals surface area contributed by atoms with Crippen LogP contribution >= 0.6 is 12.6 Å². The minimum atomic E-state index is 0.867. The Morgan fingerprint density at radius 3 is 1.36 bits per heavy atom. The zero-order chi connectivity index (χ0) is 8.59. The lowest BCUT2D eigenvalue weighted by atomic mass is 9.91. The van der Waals surface area contributed by atoms with Crippen LogP contribution in [0.3, 0.4) is 0 Å². The van der Waals surface area contributed by atoms with Crippen LogP contribution in [-0.4, -0.2) is 5.75 Å². The van der Waals surface area contributed by atoms with E-state index in [1.807, 2.05) is 0 Å². The summed E-state index contributed by atoms with van der Waals surface area (Å²) in [6.45, 7) is 8.73. The van der Waals surface area contributed by atoms with Gasteiger partial charge in [0.1, 0.15) is 0 Å². The molecule has 0 unspecified atom stereocenters. The van der Waals surface area contributed by atoms with Gasteiger partial charge in [0, 0.05) is 0 Å². The first-order valence-corrected chi connectivity index (χ1v) is 4.55. The fourth-order valence-electron chi connectivity index (χ4n) is 1.53. The Kier molecular flexibility index (Phi) is 2.90. The van der Waals surface area contributed by atoms with Gasteiger partial charge in [-0.2, -0.15) is 12.6 Å². The summed E-state index contributed by atoms with van der Waals surface area (Å²) >= 11 is 4.31. The molecule has 0 aromatic heterocycles. The first-order chi connectivity index (χ1) is 5.09. The fraction of sp³-hybridized carbons (Fsp3) is 0.500. The average molecular weight is 167 g/mol. The van der Waals surface area contributed by atoms with E-state index in [4.69, 9.17) is 0 Å². The van der Waals surface area contributed by atoms with E-state index in [1.54, 1.807) is 0 Å². The maximum atomic E-state index is 4.31. The molecule has 0 aromatic rings. The summed E-state index contributed by atoms with van der Waals surface area (Å²) in [5, 5.41) is 0. The molecule has 11 heavy (non-hydrogen) atoms. The smallest absolute Gasteiger partial charge is 0.000367 e. The van der Waals surface area contributed by atoms with Crippen LogP contribution in [0.4, 0.5) is 0 Å². The molecule has 0 aliphatic heterocycles. The van der Waals surface area contributed by atoms with Crippen LogP contribution in [0.15, 0.2) is 0 Å². The summed E-state index contributed by atoms with van der Waals surface area (Å²) in [4.78, 5) is 0. The van der Waals surface area contributed by atoms with Crippen molar-refractivity contribution in [2.24, 2.45) is 0 Å². The number of hydrogen-bond acceptors (Lipinski definition) is 1. The highest BCUT2D eigenvalue weighted by Gasteiger charge is 2.42. The summed E-state index contributed by atoms with van der Waals surface area (Å²) in [5.41, 5.74) is 0. The molecule has 0 spiro atoms. The molecule has 0 heterocycles. The summed E-state index contributed by atoms with van der Waals surface area (Å²) < 4.78 is 0. The molecular weight excluding hydrogens is 152 g/mol. The molecule has 0 bridgehead atoms. The van der Waals surface area contributed by atoms with Crippen LogP contribution in [0.1, 0.15) is 27.7 Å². The average Bonchev–Trinajstić information content (AvgIpc) is 2.17. The second kappa shape index (κ2) is 3.38. The van der Waals surface area contributed by atoms with Crippen molar-refractivity contribution in [2.75, 3.05) is 5.75 Å². The van der Waals surface area contributed by atoms with E-state index < -0.39 is 0 Å². The molecule has 0 aromatic carbocycles. The molecule has 0 amide bonds. The molecule has 1 fully saturated rings. The van der Waals surface area contributed by atoms with Gasteiger partial charge in [0.25, 0.3) is 0 Å². The summed E-state index contributed by atoms with van der Waals surface area (Å²) in [5.74, 6) is 8.01. The minimum Gasteiger partial charge on any atom is -0.179 e. The Morgan fingerprint density at radius 1 is 0.818 bits per heavy atom. The highest BCUT2D eigenvalue weighted by atomic mass is 32.1. The normalized spacial score (nSPS) is 27.0. The van der Waals surface area contributed by atoms with Gasteiger partial charge in [0.15, 0.2) is 0 Å². The van der Waals surface area contributed by atoms with Crippen molar-refractivity contribution in [3.8, 4) is 0 Å². The zero-order valence-corrected chi connectivity index (χ0v) is 8.55. The molecular formula is C10H15S. The van der Waals surface area contributed by atoms with E-state index in [2.05, 4.69) is 40.3 Å². The van der Waals surface area contributed by atoms with Crippen molar-refractivity contribution >= 4 is 12.6 Å². The van der Waals surface area contributed by atoms with Crippen molar-refractivity contribution in [2.45, 2.75) is 27.7 Å². The molecule has 61 valence electrons. The van der Waals surface area contributed by atoms with Crippen molar-refractivity contribution in [3.63, 3.8) is 0 Å². The summed E-state index contributed by atoms with van der Waals surface area (Å²) in [7, 11) is 0. The molecule has 1 rings (SSSR count). The van der Waals surface area contributed by atoms with Crippen LogP contribution in [0, 0.1) is 29.6 Å². The van der Waals surface area contributed by atoms with E-state index in [1.165, 1.54) is 29.6 Å². The molecule has 1 heteroatoms. The van der Waals surface area contributed by atoms with E-state index in [0.29, 0.717) is 0 Å². The number of thiol groups is 1. The maximum Gasteiger partial charge on any atom is -0.000367 e. The van der Waals surface area contributed by atoms with Crippen molar-refractivity contribution in [1.82, 2.24) is 0 Å². The quantitative estimate of drug-likeness (QED) is 0.570. The van der Waals surface area contributed by atoms with E-state index in [-0.39, 0.29) is 0 Å². The van der Waals surface area contributed by atoms with Crippen LogP contribution in [-0.2, 0) is 0 Å². The second-order valence-electron chi connectivity index (χ2n) is 3.14. The van der Waals surface area contributed by atoms with Gasteiger partial charge in [-0.1, -0.05) is 27.7 Å². The monoisotopic (exact) mass is 167 g/mol. The predicted octanol–water partition coefficient (Wildman–Crippen LogP) is 2.88. The topological polar surface area (TPSA) is 0 Å². The van der Waals surface area contributed by atoms with Gasteiger partial charge in [-0.05, 0) is 35.3 Å². The maximum absolute atomic E-state index is 4.31. The van der Waals surface area contributed by atoms with Gasteiger partial charge >= 0.3 is 0 Å². The van der Waals surface area contributed by atoms with Crippen molar-refractivity contribution < 1.29 is 0 Å². The van der Waals surface area contributed by atoms with E-state index >= 15 is 0 Å². The Morgan fingerprint density at radius 2 is 1.18 bits per heavy atom. The van der Waals surface area contributed by atoms with Crippen molar-refractivity contribution in [1.29, 1.82) is 0 Å². The third kappa shape index (κ3) is 1.44.